The van der Waals surface area contributed by atoms with Crippen LogP contribution in [0.5, 0.6) is 0 Å². The van der Waals surface area contributed by atoms with Gasteiger partial charge in [0, 0.05) is 6.42 Å². The van der Waals surface area contributed by atoms with E-state index in [0.29, 0.717) is 0 Å². The highest BCUT2D eigenvalue weighted by molar-refractivity contribution is 4.95. The number of hydrogen-bond acceptors (Lipinski definition) is 0. The monoisotopic (exact) mass is 152 g/mol. The summed E-state index contributed by atoms with van der Waals surface area (Å²) in [5.41, 5.74) is 0. The largest absolute Gasteiger partial charge is 0.108 e. The number of hydrogen-bond donors (Lipinski definition) is 0. The van der Waals surface area contributed by atoms with Gasteiger partial charge in [0.15, 0.2) is 0 Å². The molecule has 0 aliphatic rings. The van der Waals surface area contributed by atoms with Crippen molar-refractivity contribution in [2.45, 2.75) is 45.4 Å². The first-order valence-electron chi connectivity index (χ1n) is 4.58. The van der Waals surface area contributed by atoms with Crippen LogP contribution in [0.2, 0.25) is 0 Å². The van der Waals surface area contributed by atoms with Crippen LogP contribution >= 0.6 is 0 Å². The first-order chi connectivity index (χ1) is 5.35. The van der Waals surface area contributed by atoms with Gasteiger partial charge in [-0.1, -0.05) is 13.5 Å². The van der Waals surface area contributed by atoms with Crippen molar-refractivity contribution in [2.75, 3.05) is 0 Å². The number of unbranched alkanes of at least 4 members (excludes halogenated alkanes) is 1. The second kappa shape index (κ2) is 7.59. The van der Waals surface area contributed by atoms with E-state index < -0.39 is 0 Å². The van der Waals surface area contributed by atoms with E-state index in [1.54, 1.807) is 5.92 Å². The molecule has 0 fully saturated rings. The fraction of sp³-hybridized carbons (Fsp3) is 0.636. The Morgan fingerprint density at radius 2 is 2.18 bits per heavy atom. The van der Waals surface area contributed by atoms with Crippen molar-refractivity contribution >= 4 is 0 Å². The van der Waals surface area contributed by atoms with Crippen LogP contribution in [0.25, 0.3) is 0 Å². The average Bonchev–Trinajstić information content (AvgIpc) is 2.01. The zero-order valence-electron chi connectivity index (χ0n) is 7.73. The van der Waals surface area contributed by atoms with Crippen LogP contribution in [0.15, 0.2) is 12.7 Å². The highest BCUT2D eigenvalue weighted by atomic mass is 14.1. The van der Waals surface area contributed by atoms with Gasteiger partial charge in [0.1, 0.15) is 6.42 Å². The molecule has 0 rings (SSSR count). The molecule has 0 heterocycles. The quantitative estimate of drug-likeness (QED) is 0.383. The minimum absolute atomic E-state index is 1.06. The molecule has 0 radical (unpaired) electrons. The first kappa shape index (κ1) is 10.5. The molecular weight excluding hydrogens is 132 g/mol. The molecule has 0 saturated carbocycles. The molecule has 0 saturated heterocycles. The molecule has 0 amide bonds. The summed E-state index contributed by atoms with van der Waals surface area (Å²) in [5, 5.41) is 0. The van der Waals surface area contributed by atoms with Crippen molar-refractivity contribution in [3.8, 4) is 0 Å². The molecule has 0 aromatic carbocycles. The Labute approximate surface area is 71.7 Å². The topological polar surface area (TPSA) is 0 Å². The summed E-state index contributed by atoms with van der Waals surface area (Å²) in [5.74, 6) is 1.64. The maximum atomic E-state index is 3.84. The van der Waals surface area contributed by atoms with E-state index in [2.05, 4.69) is 20.4 Å². The number of rotatable bonds is 7. The molecule has 0 aromatic rings. The first-order valence-corrected chi connectivity index (χ1v) is 4.58. The van der Waals surface area contributed by atoms with E-state index in [9.17, 15) is 0 Å². The lowest BCUT2D eigenvalue weighted by Gasteiger charge is -2.00. The summed E-state index contributed by atoms with van der Waals surface area (Å²) in [6.07, 6.45) is 9.20. The van der Waals surface area contributed by atoms with Crippen molar-refractivity contribution in [3.05, 3.63) is 25.5 Å². The van der Waals surface area contributed by atoms with Crippen molar-refractivity contribution in [2.24, 2.45) is 0 Å². The Bertz CT molecular complexity index is 84.0. The van der Waals surface area contributed by atoms with Crippen LogP contribution in [-0.2, 0) is 0 Å². The second-order valence-corrected chi connectivity index (χ2v) is 2.95. The van der Waals surface area contributed by atoms with Crippen LogP contribution in [0.1, 0.15) is 45.4 Å². The standard InChI is InChI=1S/C11H20/c1-4-7-10-11(8-5-2)9-6-3/h5H,1-2,4,6-10H2,3H3/q+2. The van der Waals surface area contributed by atoms with Crippen LogP contribution in [-0.4, -0.2) is 0 Å². The van der Waals surface area contributed by atoms with Crippen molar-refractivity contribution in [1.82, 2.24) is 0 Å². The third-order valence-corrected chi connectivity index (χ3v) is 1.82. The molecule has 0 N–H and O–H groups in total. The fourth-order valence-electron chi connectivity index (χ4n) is 1.26. The molecule has 0 atom stereocenters. The maximum absolute atomic E-state index is 3.84. The molecule has 0 aromatic heterocycles. The highest BCUT2D eigenvalue weighted by Gasteiger charge is 2.15. The zero-order chi connectivity index (χ0) is 8.53. The van der Waals surface area contributed by atoms with Gasteiger partial charge in [0.2, 0.25) is 0 Å². The van der Waals surface area contributed by atoms with Crippen molar-refractivity contribution in [1.29, 1.82) is 0 Å². The third kappa shape index (κ3) is 5.90. The van der Waals surface area contributed by atoms with Gasteiger partial charge in [0.25, 0.3) is 0 Å². The van der Waals surface area contributed by atoms with E-state index >= 15 is 0 Å². The lowest BCUT2D eigenvalue weighted by Crippen LogP contribution is -1.95. The predicted octanol–water partition coefficient (Wildman–Crippen LogP) is 3.94. The predicted molar refractivity (Wildman–Crippen MR) is 52.2 cm³/mol. The van der Waals surface area contributed by atoms with Gasteiger partial charge in [-0.05, 0) is 12.5 Å². The van der Waals surface area contributed by atoms with Crippen LogP contribution < -0.4 is 0 Å². The Morgan fingerprint density at radius 1 is 1.45 bits per heavy atom. The van der Waals surface area contributed by atoms with Gasteiger partial charge in [0.05, 0.1) is 32.1 Å². The second-order valence-electron chi connectivity index (χ2n) is 2.95. The summed E-state index contributed by atoms with van der Waals surface area (Å²) in [4.78, 5) is 0. The van der Waals surface area contributed by atoms with Crippen molar-refractivity contribution < 1.29 is 0 Å². The minimum Gasteiger partial charge on any atom is -0.0989 e. The zero-order valence-corrected chi connectivity index (χ0v) is 7.73. The van der Waals surface area contributed by atoms with Gasteiger partial charge in [-0.2, -0.15) is 0 Å². The molecule has 0 aliphatic carbocycles. The molecule has 0 unspecified atom stereocenters. The summed E-state index contributed by atoms with van der Waals surface area (Å²) >= 11 is 0. The minimum atomic E-state index is 1.06. The summed E-state index contributed by atoms with van der Waals surface area (Å²) in [6.45, 7) is 9.82. The van der Waals surface area contributed by atoms with E-state index in [1.165, 1.54) is 25.7 Å². The van der Waals surface area contributed by atoms with Gasteiger partial charge < -0.3 is 0 Å². The molecule has 62 valence electrons. The molecule has 0 aliphatic heterocycles. The Morgan fingerprint density at radius 3 is 2.64 bits per heavy atom. The lowest BCUT2D eigenvalue weighted by atomic mass is 9.94. The van der Waals surface area contributed by atoms with E-state index in [0.717, 1.165) is 12.8 Å². The van der Waals surface area contributed by atoms with Crippen LogP contribution in [0.4, 0.5) is 0 Å². The Kier molecular flexibility index (Phi) is 7.23. The van der Waals surface area contributed by atoms with E-state index in [4.69, 9.17) is 0 Å². The molecule has 0 spiro atoms. The van der Waals surface area contributed by atoms with Crippen LogP contribution in [0.3, 0.4) is 0 Å². The average molecular weight is 152 g/mol. The SMILES string of the molecule is C=CC[C+](CCC)CCC[CH2+]. The Balaban J connectivity index is 3.41. The highest BCUT2D eigenvalue weighted by Crippen LogP contribution is 2.20. The van der Waals surface area contributed by atoms with Gasteiger partial charge in [-0.15, -0.1) is 0 Å². The van der Waals surface area contributed by atoms with Crippen molar-refractivity contribution in [3.63, 3.8) is 0 Å². The van der Waals surface area contributed by atoms with Gasteiger partial charge in [-0.3, -0.25) is 0 Å². The third-order valence-electron chi connectivity index (χ3n) is 1.82. The molecule has 0 heteroatoms. The Hall–Kier alpha value is -0.520. The molecular formula is C11H20+2. The molecule has 0 bridgehead atoms. The summed E-state index contributed by atoms with van der Waals surface area (Å²) in [6, 6.07) is 0. The lowest BCUT2D eigenvalue weighted by molar-refractivity contribution is 0.651. The maximum Gasteiger partial charge on any atom is 0.108 e. The van der Waals surface area contributed by atoms with E-state index in [1.807, 2.05) is 6.08 Å². The van der Waals surface area contributed by atoms with Gasteiger partial charge >= 0.3 is 0 Å². The molecule has 0 nitrogen and oxygen atoms in total. The summed E-state index contributed by atoms with van der Waals surface area (Å²) < 4.78 is 0. The normalized spacial score (nSPS) is 9.55. The summed E-state index contributed by atoms with van der Waals surface area (Å²) in [7, 11) is 0. The smallest absolute Gasteiger partial charge is 0.0989 e. The number of allylic oxidation sites excluding steroid dienone is 1. The van der Waals surface area contributed by atoms with Gasteiger partial charge in [-0.25, -0.2) is 0 Å². The van der Waals surface area contributed by atoms with E-state index in [-0.39, 0.29) is 0 Å². The fourth-order valence-corrected chi connectivity index (χ4v) is 1.26. The molecule has 11 heavy (non-hydrogen) atoms. The van der Waals surface area contributed by atoms with Crippen LogP contribution in [0, 0.1) is 12.8 Å².